The summed E-state index contributed by atoms with van der Waals surface area (Å²) in [6.07, 6.45) is 0. The minimum absolute atomic E-state index is 0.0154. The summed E-state index contributed by atoms with van der Waals surface area (Å²) < 4.78 is 47.9. The van der Waals surface area contributed by atoms with Crippen molar-refractivity contribution in [3.63, 3.8) is 0 Å². The molecule has 0 aliphatic rings. The van der Waals surface area contributed by atoms with Crippen LogP contribution in [0.1, 0.15) is 5.56 Å². The highest BCUT2D eigenvalue weighted by Gasteiger charge is 2.23. The van der Waals surface area contributed by atoms with Crippen molar-refractivity contribution in [2.75, 3.05) is 27.4 Å². The number of hydrogen-bond acceptors (Lipinski definition) is 6. The lowest BCUT2D eigenvalue weighted by Gasteiger charge is -2.14. The van der Waals surface area contributed by atoms with Gasteiger partial charge in [0.1, 0.15) is 13.2 Å². The molecule has 9 heteroatoms. The van der Waals surface area contributed by atoms with E-state index in [1.165, 1.54) is 38.5 Å². The van der Waals surface area contributed by atoms with Crippen LogP contribution in [0.4, 0.5) is 0 Å². The van der Waals surface area contributed by atoms with Gasteiger partial charge in [0.25, 0.3) is 0 Å². The van der Waals surface area contributed by atoms with Crippen molar-refractivity contribution in [3.05, 3.63) is 76.3 Å². The first kappa shape index (κ1) is 24.2. The molecule has 0 bridgehead atoms. The van der Waals surface area contributed by atoms with Gasteiger partial charge in [-0.1, -0.05) is 53.5 Å². The van der Waals surface area contributed by atoms with Crippen LogP contribution in [0.2, 0.25) is 10.0 Å². The maximum absolute atomic E-state index is 13.2. The molecule has 6 nitrogen and oxygen atoms in total. The Bertz CT molecular complexity index is 1140. The molecule has 0 radical (unpaired) electrons. The van der Waals surface area contributed by atoms with E-state index in [4.69, 9.17) is 42.1 Å². The van der Waals surface area contributed by atoms with Crippen LogP contribution < -0.4 is 14.2 Å². The number of ether oxygens (including phenoxy) is 4. The summed E-state index contributed by atoms with van der Waals surface area (Å²) in [6, 6.07) is 16.6. The minimum atomic E-state index is -3.93. The molecule has 0 aliphatic carbocycles. The summed E-state index contributed by atoms with van der Waals surface area (Å²) in [7, 11) is -0.945. The van der Waals surface area contributed by atoms with Gasteiger partial charge in [0.2, 0.25) is 9.84 Å². The van der Waals surface area contributed by atoms with Crippen LogP contribution in [0, 0.1) is 0 Å². The molecule has 0 spiro atoms. The van der Waals surface area contributed by atoms with Gasteiger partial charge in [-0.05, 0) is 29.8 Å². The standard InChI is InChI=1S/C23H22Cl2O6S/c1-28-10-11-30-23-19(24)12-18(13-20(23)25)32(26,27)17-8-9-21(22(14-17)29-2)31-15-16-6-4-3-5-7-16/h3-9,12-14H,10-11,15H2,1-2H3. The van der Waals surface area contributed by atoms with Gasteiger partial charge in [0.15, 0.2) is 17.2 Å². The summed E-state index contributed by atoms with van der Waals surface area (Å²) in [6.45, 7) is 0.883. The SMILES string of the molecule is COCCOc1c(Cl)cc(S(=O)(=O)c2ccc(OCc3ccccc3)c(OC)c2)cc1Cl. The van der Waals surface area contributed by atoms with E-state index >= 15 is 0 Å². The molecule has 0 saturated heterocycles. The van der Waals surface area contributed by atoms with Crippen molar-refractivity contribution in [3.8, 4) is 17.2 Å². The van der Waals surface area contributed by atoms with E-state index in [1.807, 2.05) is 30.3 Å². The molecular weight excluding hydrogens is 475 g/mol. The van der Waals surface area contributed by atoms with E-state index in [0.717, 1.165) is 5.56 Å². The Morgan fingerprint density at radius 1 is 0.781 bits per heavy atom. The van der Waals surface area contributed by atoms with Gasteiger partial charge >= 0.3 is 0 Å². The monoisotopic (exact) mass is 496 g/mol. The third kappa shape index (κ3) is 5.66. The highest BCUT2D eigenvalue weighted by atomic mass is 35.5. The van der Waals surface area contributed by atoms with Crippen molar-refractivity contribution < 1.29 is 27.4 Å². The molecule has 0 saturated carbocycles. The maximum Gasteiger partial charge on any atom is 0.206 e. The van der Waals surface area contributed by atoms with Crippen LogP contribution in [-0.2, 0) is 21.2 Å². The van der Waals surface area contributed by atoms with E-state index < -0.39 is 9.84 Å². The molecule has 0 atom stereocenters. The van der Waals surface area contributed by atoms with Crippen molar-refractivity contribution in [2.45, 2.75) is 16.4 Å². The third-order valence-electron chi connectivity index (χ3n) is 4.50. The highest BCUT2D eigenvalue weighted by Crippen LogP contribution is 2.38. The predicted octanol–water partition coefficient (Wildman–Crippen LogP) is 5.44. The second-order valence-electron chi connectivity index (χ2n) is 6.65. The van der Waals surface area contributed by atoms with Crippen LogP contribution in [0.25, 0.3) is 0 Å². The van der Waals surface area contributed by atoms with Gasteiger partial charge in [-0.3, -0.25) is 0 Å². The number of sulfone groups is 1. The zero-order chi connectivity index (χ0) is 23.1. The molecule has 3 aromatic rings. The second-order valence-corrected chi connectivity index (χ2v) is 9.41. The molecule has 0 aromatic heterocycles. The second kappa shape index (κ2) is 10.9. The van der Waals surface area contributed by atoms with Crippen molar-refractivity contribution in [1.82, 2.24) is 0 Å². The predicted molar refractivity (Wildman–Crippen MR) is 123 cm³/mol. The average Bonchev–Trinajstić information content (AvgIpc) is 2.79. The molecule has 3 aromatic carbocycles. The smallest absolute Gasteiger partial charge is 0.206 e. The normalized spacial score (nSPS) is 11.2. The largest absolute Gasteiger partial charge is 0.493 e. The summed E-state index contributed by atoms with van der Waals surface area (Å²) in [5, 5.41) is 0.170. The fraction of sp³-hybridized carbons (Fsp3) is 0.217. The quantitative estimate of drug-likeness (QED) is 0.348. The number of rotatable bonds is 10. The Hall–Kier alpha value is -2.45. The number of benzene rings is 3. The van der Waals surface area contributed by atoms with Crippen molar-refractivity contribution >= 4 is 33.0 Å². The third-order valence-corrected chi connectivity index (χ3v) is 6.79. The lowest BCUT2D eigenvalue weighted by molar-refractivity contribution is 0.146. The lowest BCUT2D eigenvalue weighted by atomic mass is 10.2. The molecule has 32 heavy (non-hydrogen) atoms. The fourth-order valence-electron chi connectivity index (χ4n) is 2.86. The van der Waals surface area contributed by atoms with E-state index in [0.29, 0.717) is 24.7 Å². The summed E-state index contributed by atoms with van der Waals surface area (Å²) in [5.74, 6) is 0.915. The van der Waals surface area contributed by atoms with Crippen LogP contribution in [-0.4, -0.2) is 35.9 Å². The molecule has 3 rings (SSSR count). The van der Waals surface area contributed by atoms with Gasteiger partial charge in [-0.2, -0.15) is 0 Å². The zero-order valence-corrected chi connectivity index (χ0v) is 19.8. The van der Waals surface area contributed by atoms with Gasteiger partial charge in [0, 0.05) is 13.2 Å². The molecule has 0 amide bonds. The van der Waals surface area contributed by atoms with Crippen molar-refractivity contribution in [2.24, 2.45) is 0 Å². The first-order valence-corrected chi connectivity index (χ1v) is 11.8. The first-order valence-electron chi connectivity index (χ1n) is 9.57. The molecular formula is C23H22Cl2O6S. The molecule has 170 valence electrons. The Kier molecular flexibility index (Phi) is 8.26. The van der Waals surface area contributed by atoms with Crippen LogP contribution in [0.5, 0.6) is 17.2 Å². The maximum atomic E-state index is 13.2. The van der Waals surface area contributed by atoms with E-state index in [9.17, 15) is 8.42 Å². The van der Waals surface area contributed by atoms with Gasteiger partial charge < -0.3 is 18.9 Å². The number of methoxy groups -OCH3 is 2. The Morgan fingerprint density at radius 3 is 2.09 bits per heavy atom. The number of halogens is 2. The average molecular weight is 497 g/mol. The van der Waals surface area contributed by atoms with Crippen molar-refractivity contribution in [1.29, 1.82) is 0 Å². The van der Waals surface area contributed by atoms with Gasteiger partial charge in [0.05, 0.1) is 33.6 Å². The summed E-state index contributed by atoms with van der Waals surface area (Å²) >= 11 is 12.5. The lowest BCUT2D eigenvalue weighted by Crippen LogP contribution is -2.07. The van der Waals surface area contributed by atoms with Crippen LogP contribution in [0.15, 0.2) is 70.5 Å². The highest BCUT2D eigenvalue weighted by molar-refractivity contribution is 7.91. The Balaban J connectivity index is 1.86. The minimum Gasteiger partial charge on any atom is -0.493 e. The molecule has 0 fully saturated rings. The van der Waals surface area contributed by atoms with E-state index in [1.54, 1.807) is 6.07 Å². The topological polar surface area (TPSA) is 71.1 Å². The zero-order valence-electron chi connectivity index (χ0n) is 17.5. The molecule has 0 aliphatic heterocycles. The van der Waals surface area contributed by atoms with Gasteiger partial charge in [-0.25, -0.2) is 8.42 Å². The molecule has 0 heterocycles. The number of hydrogen-bond donors (Lipinski definition) is 0. The van der Waals surface area contributed by atoms with E-state index in [2.05, 4.69) is 0 Å². The summed E-state index contributed by atoms with van der Waals surface area (Å²) in [5.41, 5.74) is 0.975. The Morgan fingerprint density at radius 2 is 1.47 bits per heavy atom. The van der Waals surface area contributed by atoms with Gasteiger partial charge in [-0.15, -0.1) is 0 Å². The first-order chi connectivity index (χ1) is 15.4. The van der Waals surface area contributed by atoms with E-state index in [-0.39, 0.29) is 32.2 Å². The van der Waals surface area contributed by atoms with Crippen LogP contribution in [0.3, 0.4) is 0 Å². The summed E-state index contributed by atoms with van der Waals surface area (Å²) in [4.78, 5) is -0.0480. The molecule has 0 unspecified atom stereocenters. The molecule has 0 N–H and O–H groups in total. The fourth-order valence-corrected chi connectivity index (χ4v) is 4.92. The Labute approximate surface area is 197 Å². The van der Waals surface area contributed by atoms with Crippen LogP contribution >= 0.6 is 23.2 Å².